The second-order valence-corrected chi connectivity index (χ2v) is 6.75. The normalized spacial score (nSPS) is 16.7. The smallest absolute Gasteiger partial charge is 0.340 e. The average molecular weight is 308 g/mol. The first-order valence-electron chi connectivity index (χ1n) is 7.46. The fraction of sp³-hybridized carbons (Fsp3) is 0.562. The van der Waals surface area contributed by atoms with Gasteiger partial charge in [-0.2, -0.15) is 11.8 Å². The number of thioether (sulfide) groups is 1. The molecule has 0 heterocycles. The van der Waals surface area contributed by atoms with E-state index in [1.165, 1.54) is 25.7 Å². The van der Waals surface area contributed by atoms with E-state index in [4.69, 9.17) is 10.5 Å². The lowest BCUT2D eigenvalue weighted by molar-refractivity contribution is 0.0527. The molecular formula is C16H24N2O2S. The zero-order valence-corrected chi connectivity index (χ0v) is 13.6. The third kappa shape index (κ3) is 3.84. The van der Waals surface area contributed by atoms with Gasteiger partial charge >= 0.3 is 5.97 Å². The topological polar surface area (TPSA) is 64.3 Å². The first-order valence-corrected chi connectivity index (χ1v) is 8.68. The summed E-state index contributed by atoms with van der Waals surface area (Å²) in [5.41, 5.74) is 7.69. The van der Waals surface area contributed by atoms with Gasteiger partial charge in [0.1, 0.15) is 0 Å². The van der Waals surface area contributed by atoms with E-state index in [1.54, 1.807) is 13.0 Å². The highest BCUT2D eigenvalue weighted by Crippen LogP contribution is 2.40. The van der Waals surface area contributed by atoms with Gasteiger partial charge in [-0.15, -0.1) is 0 Å². The average Bonchev–Trinajstić information content (AvgIpc) is 2.95. The van der Waals surface area contributed by atoms with Crippen LogP contribution in [-0.2, 0) is 4.74 Å². The highest BCUT2D eigenvalue weighted by Gasteiger charge is 2.33. The number of nitrogen functional groups attached to an aromatic ring is 1. The Morgan fingerprint density at radius 2 is 2.14 bits per heavy atom. The maximum absolute atomic E-state index is 12.0. The van der Waals surface area contributed by atoms with Crippen LogP contribution in [0.15, 0.2) is 18.2 Å². The van der Waals surface area contributed by atoms with Gasteiger partial charge in [-0.25, -0.2) is 4.79 Å². The monoisotopic (exact) mass is 308 g/mol. The second-order valence-electron chi connectivity index (χ2n) is 5.47. The lowest BCUT2D eigenvalue weighted by atomic mass is 10.1. The highest BCUT2D eigenvalue weighted by molar-refractivity contribution is 8.00. The van der Waals surface area contributed by atoms with Crippen molar-refractivity contribution in [3.63, 3.8) is 0 Å². The largest absolute Gasteiger partial charge is 0.462 e. The maximum atomic E-state index is 12.0. The number of benzene rings is 1. The van der Waals surface area contributed by atoms with Crippen LogP contribution in [0.4, 0.5) is 11.4 Å². The summed E-state index contributed by atoms with van der Waals surface area (Å²) in [6.07, 6.45) is 7.20. The Hall–Kier alpha value is -1.36. The van der Waals surface area contributed by atoms with E-state index in [9.17, 15) is 4.79 Å². The number of hydrogen-bond donors (Lipinski definition) is 2. The standard InChI is InChI=1S/C16H24N2O2S/c1-3-20-15(19)13-10-12(17)6-7-14(13)18-11-16(21-2)8-4-5-9-16/h6-7,10,18H,3-5,8-9,11,17H2,1-2H3. The molecule has 1 aliphatic rings. The summed E-state index contributed by atoms with van der Waals surface area (Å²) < 4.78 is 5.39. The molecule has 4 nitrogen and oxygen atoms in total. The SMILES string of the molecule is CCOC(=O)c1cc(N)ccc1NCC1(SC)CCCC1. The summed E-state index contributed by atoms with van der Waals surface area (Å²) in [6.45, 7) is 3.03. The molecule has 0 unspecified atom stereocenters. The molecule has 0 aliphatic heterocycles. The zero-order valence-electron chi connectivity index (χ0n) is 12.8. The van der Waals surface area contributed by atoms with Gasteiger partial charge in [0.25, 0.3) is 0 Å². The molecule has 0 atom stereocenters. The Bertz CT molecular complexity index is 499. The van der Waals surface area contributed by atoms with Crippen LogP contribution < -0.4 is 11.1 Å². The van der Waals surface area contributed by atoms with Crippen molar-refractivity contribution in [1.82, 2.24) is 0 Å². The van der Waals surface area contributed by atoms with E-state index in [-0.39, 0.29) is 10.7 Å². The summed E-state index contributed by atoms with van der Waals surface area (Å²) in [6, 6.07) is 5.36. The second kappa shape index (κ2) is 7.07. The van der Waals surface area contributed by atoms with Gasteiger partial charge in [0, 0.05) is 22.7 Å². The number of anilines is 2. The molecule has 1 aromatic rings. The van der Waals surface area contributed by atoms with Crippen LogP contribution in [0.2, 0.25) is 0 Å². The van der Waals surface area contributed by atoms with Gasteiger partial charge < -0.3 is 15.8 Å². The van der Waals surface area contributed by atoms with Crippen LogP contribution in [-0.4, -0.2) is 30.1 Å². The van der Waals surface area contributed by atoms with Gasteiger partial charge in [0.15, 0.2) is 0 Å². The van der Waals surface area contributed by atoms with Crippen molar-refractivity contribution < 1.29 is 9.53 Å². The van der Waals surface area contributed by atoms with Gasteiger partial charge in [0.2, 0.25) is 0 Å². The third-order valence-electron chi connectivity index (χ3n) is 4.09. The van der Waals surface area contributed by atoms with Crippen LogP contribution >= 0.6 is 11.8 Å². The molecule has 1 aromatic carbocycles. The number of carbonyl (C=O) groups is 1. The predicted molar refractivity (Wildman–Crippen MR) is 90.0 cm³/mol. The number of carbonyl (C=O) groups excluding carboxylic acids is 1. The molecule has 21 heavy (non-hydrogen) atoms. The zero-order chi connectivity index (χ0) is 15.3. The Morgan fingerprint density at radius 3 is 2.76 bits per heavy atom. The van der Waals surface area contributed by atoms with Crippen LogP contribution in [0.1, 0.15) is 43.0 Å². The third-order valence-corrected chi connectivity index (χ3v) is 5.51. The molecule has 0 aromatic heterocycles. The molecule has 1 saturated carbocycles. The van der Waals surface area contributed by atoms with E-state index >= 15 is 0 Å². The molecule has 1 aliphatic carbocycles. The van der Waals surface area contributed by atoms with Crippen molar-refractivity contribution in [3.05, 3.63) is 23.8 Å². The van der Waals surface area contributed by atoms with Crippen LogP contribution in [0.25, 0.3) is 0 Å². The number of hydrogen-bond acceptors (Lipinski definition) is 5. The van der Waals surface area contributed by atoms with E-state index < -0.39 is 0 Å². The summed E-state index contributed by atoms with van der Waals surface area (Å²) in [5, 5.41) is 3.44. The molecule has 0 radical (unpaired) electrons. The van der Waals surface area contributed by atoms with Crippen LogP contribution in [0.3, 0.4) is 0 Å². The molecule has 1 fully saturated rings. The maximum Gasteiger partial charge on any atom is 0.340 e. The van der Waals surface area contributed by atoms with Crippen LogP contribution in [0.5, 0.6) is 0 Å². The molecule has 0 amide bonds. The van der Waals surface area contributed by atoms with Gasteiger partial charge in [0.05, 0.1) is 12.2 Å². The van der Waals surface area contributed by atoms with Gasteiger partial charge in [-0.3, -0.25) is 0 Å². The van der Waals surface area contributed by atoms with E-state index in [1.807, 2.05) is 23.9 Å². The van der Waals surface area contributed by atoms with E-state index in [0.29, 0.717) is 17.9 Å². The summed E-state index contributed by atoms with van der Waals surface area (Å²) in [4.78, 5) is 12.0. The fourth-order valence-corrected chi connectivity index (χ4v) is 3.74. The molecule has 3 N–H and O–H groups in total. The minimum atomic E-state index is -0.322. The molecule has 5 heteroatoms. The molecular weight excluding hydrogens is 284 g/mol. The summed E-state index contributed by atoms with van der Waals surface area (Å²) in [5.74, 6) is -0.322. The van der Waals surface area contributed by atoms with E-state index in [2.05, 4.69) is 11.6 Å². The van der Waals surface area contributed by atoms with Crippen molar-refractivity contribution in [3.8, 4) is 0 Å². The Labute approximate surface area is 130 Å². The lowest BCUT2D eigenvalue weighted by Gasteiger charge is -2.28. The van der Waals surface area contributed by atoms with Crippen LogP contribution in [0, 0.1) is 0 Å². The first-order chi connectivity index (χ1) is 10.1. The molecule has 0 bridgehead atoms. The van der Waals surface area contributed by atoms with E-state index in [0.717, 1.165) is 12.2 Å². The van der Waals surface area contributed by atoms with Crippen molar-refractivity contribution in [2.75, 3.05) is 30.5 Å². The van der Waals surface area contributed by atoms with Gasteiger partial charge in [-0.1, -0.05) is 12.8 Å². The Kier molecular flexibility index (Phi) is 5.39. The number of nitrogens with two attached hydrogens (primary N) is 1. The minimum absolute atomic E-state index is 0.285. The molecule has 2 rings (SSSR count). The summed E-state index contributed by atoms with van der Waals surface area (Å²) >= 11 is 1.92. The summed E-state index contributed by atoms with van der Waals surface area (Å²) in [7, 11) is 0. The van der Waals surface area contributed by atoms with Crippen molar-refractivity contribution in [1.29, 1.82) is 0 Å². The Morgan fingerprint density at radius 1 is 1.43 bits per heavy atom. The minimum Gasteiger partial charge on any atom is -0.462 e. The quantitative estimate of drug-likeness (QED) is 0.621. The number of esters is 1. The number of ether oxygens (including phenoxy) is 1. The van der Waals surface area contributed by atoms with Crippen molar-refractivity contribution in [2.24, 2.45) is 0 Å². The fourth-order valence-electron chi connectivity index (χ4n) is 2.82. The van der Waals surface area contributed by atoms with Crippen molar-refractivity contribution in [2.45, 2.75) is 37.4 Å². The predicted octanol–water partition coefficient (Wildman–Crippen LogP) is 3.53. The highest BCUT2D eigenvalue weighted by atomic mass is 32.2. The number of nitrogens with one attached hydrogen (secondary N) is 1. The first kappa shape index (κ1) is 16.0. The lowest BCUT2D eigenvalue weighted by Crippen LogP contribution is -2.30. The Balaban J connectivity index is 2.13. The van der Waals surface area contributed by atoms with Crippen molar-refractivity contribution >= 4 is 29.1 Å². The number of rotatable bonds is 6. The molecule has 116 valence electrons. The van der Waals surface area contributed by atoms with Gasteiger partial charge in [-0.05, 0) is 44.2 Å². The molecule has 0 spiro atoms. The molecule has 0 saturated heterocycles.